The summed E-state index contributed by atoms with van der Waals surface area (Å²) in [6.07, 6.45) is -13.6. The van der Waals surface area contributed by atoms with Crippen LogP contribution >= 0.6 is 55.9 Å². The van der Waals surface area contributed by atoms with E-state index in [2.05, 4.69) is 50.1 Å². The third kappa shape index (κ3) is 28.3. The predicted octanol–water partition coefficient (Wildman–Crippen LogP) is 6.96. The van der Waals surface area contributed by atoms with Crippen molar-refractivity contribution in [3.05, 3.63) is 103 Å². The molecule has 732 valence electrons. The van der Waals surface area contributed by atoms with Crippen molar-refractivity contribution in [1.29, 1.82) is 0 Å². The van der Waals surface area contributed by atoms with Gasteiger partial charge in [0, 0.05) is 109 Å². The van der Waals surface area contributed by atoms with Crippen LogP contribution in [0.1, 0.15) is 160 Å². The van der Waals surface area contributed by atoms with E-state index >= 15 is 0 Å². The van der Waals surface area contributed by atoms with Crippen molar-refractivity contribution in [3.63, 3.8) is 0 Å². The van der Waals surface area contributed by atoms with Crippen LogP contribution < -0.4 is 52.8 Å². The van der Waals surface area contributed by atoms with Gasteiger partial charge in [0.1, 0.15) is 54.8 Å². The maximum absolute atomic E-state index is 14.7. The molecule has 0 unspecified atom stereocenters. The number of carbonyl (C=O) groups is 9. The number of hydrogen-bond acceptors (Lipinski definition) is 35. The van der Waals surface area contributed by atoms with Gasteiger partial charge in [0.05, 0.1) is 104 Å². The average molecular weight is 2030 g/mol. The number of nitrogens with zero attached hydrogens (tertiary/aromatic N) is 2. The molecular weight excluding hydrogens is 1900 g/mol. The van der Waals surface area contributed by atoms with E-state index in [0.29, 0.717) is 52.0 Å². The van der Waals surface area contributed by atoms with Crippen molar-refractivity contribution in [1.82, 2.24) is 26.0 Å². The molecule has 4 aliphatic heterocycles. The van der Waals surface area contributed by atoms with Crippen LogP contribution in [0.4, 0.5) is 21.1 Å². The number of Topliss-reactive ketones (excluding diaryl/α,β-unsaturated/α-hetero) is 3. The molecule has 133 heavy (non-hydrogen) atoms. The van der Waals surface area contributed by atoms with Gasteiger partial charge in [0.15, 0.2) is 47.5 Å². The van der Waals surface area contributed by atoms with Crippen LogP contribution in [0.15, 0.2) is 77.5 Å². The first-order valence-electron chi connectivity index (χ1n) is 44.0. The molecule has 37 nitrogen and oxygen atoms in total. The summed E-state index contributed by atoms with van der Waals surface area (Å²) in [7, 11) is 9.45. The number of thioether (sulfide) groups is 1. The molecule has 1 aromatic heterocycles. The van der Waals surface area contributed by atoms with Crippen LogP contribution in [0.5, 0.6) is 17.2 Å². The Kier molecular flexibility index (Phi) is 41.5. The number of methoxy groups -OCH3 is 5. The number of nitrogen functional groups attached to an aromatic ring is 1. The van der Waals surface area contributed by atoms with E-state index in [-0.39, 0.29) is 122 Å². The van der Waals surface area contributed by atoms with Gasteiger partial charge in [-0.25, -0.2) is 14.6 Å². The number of aromatic nitrogens is 1. The summed E-state index contributed by atoms with van der Waals surface area (Å²) in [4.78, 5) is 135. The first-order chi connectivity index (χ1) is 63.3. The van der Waals surface area contributed by atoms with Gasteiger partial charge in [-0.05, 0) is 158 Å². The lowest BCUT2D eigenvalue weighted by molar-refractivity contribution is -0.337. The molecule has 2 aromatic carbocycles. The molecule has 3 aromatic rings. The number of aliphatic hydroxyl groups excluding tert-OH is 4. The molecule has 2 aliphatic carbocycles. The molecule has 4 fully saturated rings. The number of allylic oxidation sites excluding steroid dienone is 2. The fourth-order valence-electron chi connectivity index (χ4n) is 16.6. The third-order valence-electron chi connectivity index (χ3n) is 23.8. The number of anilines is 2. The standard InChI is InChI=1S/C92H126IN9O28S3/c1-16-102(90(115)123-45-53-29-31-56(32-30-53)99-84(111)55(26-23-37-98-89(96)114)40-61(104)72(47(2)3)100-85(112)54(39-48(4)103)25-20-22-35-94)60-46-122-67(43-65(60)117-11)128-80-75(109)73(101-130-68-42-62(105)82(52(8)124-68)132-86(113)69-49(5)71(93)78(81(121-15)77(69)119-13)129-87-76(110)79(120-14)74(108)51(7)126-87)50(6)125-88(80)127-64-28-19-17-18-21-34-92(116)44-63(106)57(41-66(107)118-12)70(64)58(92)33-38-131-133-91(9,10)59-27-24-36-97-83(59)95/h17-18,24,27,29-33,36,47,50-52,54-55,60,62,64-65,67-68,72-76,79-80,82,87-88,101,105,108-110,116H,16,20,22-23,25-26,35,37-46,94H2,1-15H3,(H2,95,97)(H,99,111)(H,100,112)(H3,96,98,114)/b18-17-,58-33+/t50-,51+,52-,54-,55-,60+,62+,64+,65+,67+,68+,72+,73-,74+,75+,76-,79-,80-,82-,87+,88+,92+/m1/s1. The Labute approximate surface area is 800 Å². The summed E-state index contributed by atoms with van der Waals surface area (Å²) in [6, 6.07) is 6.28. The second-order valence-corrected chi connectivity index (χ2v) is 39.1. The Morgan fingerprint density at radius 3 is 2.17 bits per heavy atom. The number of fused-ring (bicyclic) bond motifs is 2. The van der Waals surface area contributed by atoms with Gasteiger partial charge in [0.2, 0.25) is 29.0 Å². The van der Waals surface area contributed by atoms with Crippen LogP contribution in [-0.2, 0) is 92.3 Å². The van der Waals surface area contributed by atoms with Crippen LogP contribution in [0.2, 0.25) is 0 Å². The number of amides is 5. The molecule has 5 amide bonds. The second kappa shape index (κ2) is 50.8. The Bertz CT molecular complexity index is 4780. The minimum absolute atomic E-state index is 0.00858. The van der Waals surface area contributed by atoms with Crippen LogP contribution in [0.25, 0.3) is 0 Å². The molecule has 6 aliphatic rings. The maximum atomic E-state index is 14.7. The summed E-state index contributed by atoms with van der Waals surface area (Å²) in [6.45, 7) is 17.2. The first-order valence-corrected chi connectivity index (χ1v) is 48.3. The minimum Gasteiger partial charge on any atom is -0.492 e. The largest absolute Gasteiger partial charge is 0.492 e. The number of ketones is 3. The number of pyridine rings is 1. The molecule has 15 N–H and O–H groups in total. The summed E-state index contributed by atoms with van der Waals surface area (Å²) >= 11 is 2.76. The van der Waals surface area contributed by atoms with Gasteiger partial charge in [0.25, 0.3) is 0 Å². The molecule has 41 heteroatoms. The summed E-state index contributed by atoms with van der Waals surface area (Å²) < 4.78 is 79.6. The number of unbranched alkanes of at least 4 members (excludes halogenated alkanes) is 1. The predicted molar refractivity (Wildman–Crippen MR) is 501 cm³/mol. The van der Waals surface area contributed by atoms with Crippen molar-refractivity contribution in [2.75, 3.05) is 78.6 Å². The minimum atomic E-state index is -2.20. The number of nitrogens with one attached hydrogen (secondary N) is 4. The normalized spacial score (nSPS) is 27.7. The molecule has 0 saturated carbocycles. The van der Waals surface area contributed by atoms with Crippen LogP contribution in [0.3, 0.4) is 0 Å². The Morgan fingerprint density at radius 2 is 1.53 bits per heavy atom. The number of esters is 1. The van der Waals surface area contributed by atoms with E-state index in [1.165, 1.54) is 74.0 Å². The fourth-order valence-corrected chi connectivity index (χ4v) is 20.8. The highest BCUT2D eigenvalue weighted by molar-refractivity contribution is 14.1. The number of halogens is 1. The molecule has 5 heterocycles. The molecule has 0 radical (unpaired) electrons. The summed E-state index contributed by atoms with van der Waals surface area (Å²) in [5.41, 5.74) is 20.1. The van der Waals surface area contributed by atoms with E-state index in [1.807, 2.05) is 42.5 Å². The highest BCUT2D eigenvalue weighted by Gasteiger charge is 2.53. The zero-order valence-corrected chi connectivity index (χ0v) is 82.0. The lowest BCUT2D eigenvalue weighted by atomic mass is 9.72. The number of rotatable bonds is 44. The molecule has 0 spiro atoms. The monoisotopic (exact) mass is 2030 g/mol. The fraction of sp³-hybridized carbons (Fsp3) is 0.609. The number of urea groups is 1. The average Bonchev–Trinajstić information content (AvgIpc) is 0.752. The molecule has 9 rings (SSSR count). The summed E-state index contributed by atoms with van der Waals surface area (Å²) in [5.74, 6) is 7.20. The van der Waals surface area contributed by atoms with Crippen molar-refractivity contribution in [3.8, 4) is 40.9 Å². The first kappa shape index (κ1) is 109. The third-order valence-corrected chi connectivity index (χ3v) is 29.5. The van der Waals surface area contributed by atoms with E-state index < -0.39 is 197 Å². The van der Waals surface area contributed by atoms with E-state index in [0.717, 1.165) is 24.4 Å². The number of benzene rings is 2. The second-order valence-electron chi connectivity index (χ2n) is 34.0. The van der Waals surface area contributed by atoms with Crippen LogP contribution in [-0.4, -0.2) is 277 Å². The maximum Gasteiger partial charge on any atom is 0.410 e. The number of likely N-dealkylation sites (N-methyl/N-ethyl adjacent to an activating group) is 1. The number of ether oxygens (including phenoxy) is 13. The number of hydroxylamine groups is 1. The van der Waals surface area contributed by atoms with Crippen LogP contribution in [0, 0.1) is 51.9 Å². The van der Waals surface area contributed by atoms with Crippen molar-refractivity contribution in [2.24, 2.45) is 29.2 Å². The molecule has 2 bridgehead atoms. The quantitative estimate of drug-likeness (QED) is 0.00679. The Hall–Kier alpha value is -8.10. The van der Waals surface area contributed by atoms with Crippen molar-refractivity contribution in [2.45, 2.75) is 273 Å². The topological polar surface area (TPSA) is 526 Å². The number of aliphatic hydroxyl groups is 5. The van der Waals surface area contributed by atoms with Gasteiger partial charge in [-0.1, -0.05) is 102 Å². The smallest absolute Gasteiger partial charge is 0.410 e. The number of primary amides is 1. The van der Waals surface area contributed by atoms with Crippen molar-refractivity contribution < 1.29 is 135 Å². The highest BCUT2D eigenvalue weighted by Crippen LogP contribution is 2.51. The SMILES string of the molecule is CCN(C(=O)OCc1ccc(NC(=O)[C@H](CCCNC(N)=O)CC(=O)[C@@H](NC(=O)[C@H](CCCCN)CC(C)=O)C(C)C)cc1)[C@H]1CO[C@@H](O[C@H]2[C@H](O[C@H]3C#C/C=C\C#C[C@]4(O)CC(=O)C(CC(=O)OC)=C3/C4=C\CSSC(C)(C)c3cccnc3N)O[C@H](C)[C@@H](NO[C@H]3C[C@H](O)[C@H](SC(=O)c4c(C)c(I)c(O[C@@H]5O[C@@H](C)[C@H](O)[C@@H](OC)[C@H]5O)c(OC)c4OC)[C@@H](C)O3)[C@@H]2O)C[C@@H]1OC. The van der Waals surface area contributed by atoms with Gasteiger partial charge in [-0.15, -0.1) is 0 Å². The van der Waals surface area contributed by atoms with Gasteiger partial charge >= 0.3 is 18.1 Å². The van der Waals surface area contributed by atoms with E-state index in [1.54, 1.807) is 91.1 Å². The van der Waals surface area contributed by atoms with E-state index in [4.69, 9.17) is 83.6 Å². The lowest BCUT2D eigenvalue weighted by Crippen LogP contribution is -2.65. The number of carbonyl (C=O) groups excluding carboxylic acids is 9. The number of hydrogen-bond donors (Lipinski definition) is 12. The number of nitrogens with two attached hydrogens (primary N) is 3. The Balaban J connectivity index is 0.940. The highest BCUT2D eigenvalue weighted by atomic mass is 127. The van der Waals surface area contributed by atoms with Gasteiger partial charge < -0.3 is 130 Å². The summed E-state index contributed by atoms with van der Waals surface area (Å²) in [5, 5.41) is 66.6. The van der Waals surface area contributed by atoms with Gasteiger partial charge in [-0.2, -0.15) is 5.48 Å². The molecule has 22 atom stereocenters. The van der Waals surface area contributed by atoms with Crippen molar-refractivity contribution >= 4 is 120 Å². The van der Waals surface area contributed by atoms with E-state index in [9.17, 15) is 68.7 Å². The zero-order valence-electron chi connectivity index (χ0n) is 77.4. The Morgan fingerprint density at radius 1 is 0.827 bits per heavy atom. The lowest BCUT2D eigenvalue weighted by Gasteiger charge is -2.47. The van der Waals surface area contributed by atoms with Gasteiger partial charge in [-0.3, -0.25) is 33.6 Å². The molecular formula is C92H126IN9O28S3. The zero-order chi connectivity index (χ0) is 97.5. The molecule has 4 saturated heterocycles.